The van der Waals surface area contributed by atoms with Crippen LogP contribution in [-0.4, -0.2) is 25.5 Å². The Kier molecular flexibility index (Phi) is 4.40. The third-order valence-electron chi connectivity index (χ3n) is 3.22. The molecule has 2 rings (SSSR count). The Balaban J connectivity index is 1.90. The van der Waals surface area contributed by atoms with E-state index in [4.69, 9.17) is 0 Å². The summed E-state index contributed by atoms with van der Waals surface area (Å²) in [5.74, 6) is 0.0452. The molecule has 1 heterocycles. The number of benzene rings is 1. The van der Waals surface area contributed by atoms with Gasteiger partial charge in [-0.1, -0.05) is 18.2 Å². The van der Waals surface area contributed by atoms with Gasteiger partial charge in [-0.25, -0.2) is 0 Å². The van der Waals surface area contributed by atoms with Crippen molar-refractivity contribution in [2.45, 2.75) is 19.3 Å². The Morgan fingerprint density at radius 2 is 1.94 bits per heavy atom. The van der Waals surface area contributed by atoms with Crippen molar-refractivity contribution in [2.75, 3.05) is 24.5 Å². The molecule has 0 aliphatic carbocycles. The number of rotatable bonds is 5. The minimum Gasteiger partial charge on any atom is -0.372 e. The topological polar surface area (TPSA) is 32.3 Å². The van der Waals surface area contributed by atoms with Gasteiger partial charge in [-0.2, -0.15) is 0 Å². The molecule has 1 aromatic carbocycles. The lowest BCUT2D eigenvalue weighted by atomic mass is 10.1. The van der Waals surface area contributed by atoms with Crippen LogP contribution in [0.4, 0.5) is 5.69 Å². The molecule has 1 aromatic rings. The molecular weight excluding hydrogens is 224 g/mol. The van der Waals surface area contributed by atoms with Crippen LogP contribution in [0.25, 0.3) is 0 Å². The molecule has 0 saturated carbocycles. The lowest BCUT2D eigenvalue weighted by molar-refractivity contribution is -0.120. The highest BCUT2D eigenvalue weighted by Gasteiger charge is 2.12. The number of hydrogen-bond acceptors (Lipinski definition) is 2. The molecule has 1 N–H and O–H groups in total. The van der Waals surface area contributed by atoms with Crippen LogP contribution in [0.15, 0.2) is 36.9 Å². The quantitative estimate of drug-likeness (QED) is 0.805. The van der Waals surface area contributed by atoms with Crippen molar-refractivity contribution in [1.82, 2.24) is 5.32 Å². The second kappa shape index (κ2) is 6.24. The van der Waals surface area contributed by atoms with Crippen LogP contribution in [0.1, 0.15) is 18.4 Å². The summed E-state index contributed by atoms with van der Waals surface area (Å²) in [7, 11) is 0. The first-order valence-electron chi connectivity index (χ1n) is 6.51. The summed E-state index contributed by atoms with van der Waals surface area (Å²) in [6.45, 7) is 6.41. The first-order valence-corrected chi connectivity index (χ1v) is 6.51. The molecule has 0 aromatic heterocycles. The van der Waals surface area contributed by atoms with Crippen molar-refractivity contribution in [3.8, 4) is 0 Å². The van der Waals surface area contributed by atoms with Gasteiger partial charge in [0.2, 0.25) is 5.91 Å². The number of nitrogens with zero attached hydrogens (tertiary/aromatic N) is 1. The van der Waals surface area contributed by atoms with E-state index in [1.165, 1.54) is 18.5 Å². The third kappa shape index (κ3) is 3.36. The molecule has 0 radical (unpaired) electrons. The summed E-state index contributed by atoms with van der Waals surface area (Å²) in [4.78, 5) is 13.9. The fourth-order valence-corrected chi connectivity index (χ4v) is 2.23. The third-order valence-corrected chi connectivity index (χ3v) is 3.22. The minimum absolute atomic E-state index is 0.0452. The molecule has 3 nitrogen and oxygen atoms in total. The number of carbonyl (C=O) groups is 1. The molecule has 1 aliphatic heterocycles. The highest BCUT2D eigenvalue weighted by Crippen LogP contribution is 2.20. The molecule has 1 saturated heterocycles. The zero-order valence-electron chi connectivity index (χ0n) is 10.7. The van der Waals surface area contributed by atoms with E-state index in [-0.39, 0.29) is 5.91 Å². The average Bonchev–Trinajstić information content (AvgIpc) is 2.91. The molecule has 0 atom stereocenters. The zero-order valence-corrected chi connectivity index (χ0v) is 10.7. The van der Waals surface area contributed by atoms with Crippen LogP contribution in [-0.2, 0) is 11.2 Å². The fraction of sp³-hybridized carbons (Fsp3) is 0.400. The smallest absolute Gasteiger partial charge is 0.224 e. The zero-order chi connectivity index (χ0) is 12.8. The molecule has 18 heavy (non-hydrogen) atoms. The van der Waals surface area contributed by atoms with Crippen molar-refractivity contribution in [2.24, 2.45) is 0 Å². The first-order chi connectivity index (χ1) is 8.79. The lowest BCUT2D eigenvalue weighted by Crippen LogP contribution is -2.25. The monoisotopic (exact) mass is 244 g/mol. The van der Waals surface area contributed by atoms with Gasteiger partial charge in [-0.15, -0.1) is 6.58 Å². The van der Waals surface area contributed by atoms with E-state index in [1.54, 1.807) is 6.08 Å². The van der Waals surface area contributed by atoms with Gasteiger partial charge in [0.05, 0.1) is 6.42 Å². The van der Waals surface area contributed by atoms with E-state index < -0.39 is 0 Å². The standard InChI is InChI=1S/C15H20N2O/c1-2-9-16-15(18)12-13-5-7-14(8-6-13)17-10-3-4-11-17/h2,5-8H,1,3-4,9-12H2,(H,16,18). The highest BCUT2D eigenvalue weighted by molar-refractivity contribution is 5.78. The molecule has 1 fully saturated rings. The number of carbonyl (C=O) groups excluding carboxylic acids is 1. The second-order valence-corrected chi connectivity index (χ2v) is 4.63. The summed E-state index contributed by atoms with van der Waals surface area (Å²) in [6.07, 6.45) is 4.69. The van der Waals surface area contributed by atoms with E-state index in [9.17, 15) is 4.79 Å². The number of hydrogen-bond donors (Lipinski definition) is 1. The fourth-order valence-electron chi connectivity index (χ4n) is 2.23. The van der Waals surface area contributed by atoms with E-state index in [0.717, 1.165) is 18.7 Å². The summed E-state index contributed by atoms with van der Waals surface area (Å²) in [5, 5.41) is 2.78. The Bertz CT molecular complexity index is 405. The van der Waals surface area contributed by atoms with Crippen molar-refractivity contribution >= 4 is 11.6 Å². The Morgan fingerprint density at radius 3 is 2.56 bits per heavy atom. The molecule has 0 bridgehead atoms. The summed E-state index contributed by atoms with van der Waals surface area (Å²) in [5.41, 5.74) is 2.32. The van der Waals surface area contributed by atoms with Crippen LogP contribution in [0.2, 0.25) is 0 Å². The van der Waals surface area contributed by atoms with E-state index in [2.05, 4.69) is 28.9 Å². The average molecular weight is 244 g/mol. The minimum atomic E-state index is 0.0452. The predicted molar refractivity (Wildman–Crippen MR) is 74.8 cm³/mol. The molecule has 3 heteroatoms. The van der Waals surface area contributed by atoms with Crippen LogP contribution >= 0.6 is 0 Å². The number of amides is 1. The van der Waals surface area contributed by atoms with Gasteiger partial charge in [0.1, 0.15) is 0 Å². The first kappa shape index (κ1) is 12.7. The highest BCUT2D eigenvalue weighted by atomic mass is 16.1. The van der Waals surface area contributed by atoms with Gasteiger partial charge in [-0.05, 0) is 30.5 Å². The van der Waals surface area contributed by atoms with E-state index in [1.807, 2.05) is 12.1 Å². The van der Waals surface area contributed by atoms with Gasteiger partial charge in [0.25, 0.3) is 0 Å². The molecule has 1 aliphatic rings. The largest absolute Gasteiger partial charge is 0.372 e. The van der Waals surface area contributed by atoms with Gasteiger partial charge in [0.15, 0.2) is 0 Å². The van der Waals surface area contributed by atoms with Crippen molar-refractivity contribution in [3.63, 3.8) is 0 Å². The SMILES string of the molecule is C=CCNC(=O)Cc1ccc(N2CCCC2)cc1. The summed E-state index contributed by atoms with van der Waals surface area (Å²) >= 11 is 0. The van der Waals surface area contributed by atoms with E-state index >= 15 is 0 Å². The Hall–Kier alpha value is -1.77. The van der Waals surface area contributed by atoms with Crippen LogP contribution < -0.4 is 10.2 Å². The molecule has 1 amide bonds. The maximum Gasteiger partial charge on any atom is 0.224 e. The molecule has 0 spiro atoms. The van der Waals surface area contributed by atoms with Crippen molar-refractivity contribution in [3.05, 3.63) is 42.5 Å². The number of anilines is 1. The van der Waals surface area contributed by atoms with Gasteiger partial charge in [-0.3, -0.25) is 4.79 Å². The van der Waals surface area contributed by atoms with Crippen LogP contribution in [0.3, 0.4) is 0 Å². The number of nitrogens with one attached hydrogen (secondary N) is 1. The Labute approximate surface area is 108 Å². The maximum absolute atomic E-state index is 11.5. The summed E-state index contributed by atoms with van der Waals surface area (Å²) < 4.78 is 0. The van der Waals surface area contributed by atoms with Gasteiger partial charge >= 0.3 is 0 Å². The normalized spacial score (nSPS) is 14.6. The molecule has 96 valence electrons. The van der Waals surface area contributed by atoms with Crippen LogP contribution in [0.5, 0.6) is 0 Å². The van der Waals surface area contributed by atoms with Crippen LogP contribution in [0, 0.1) is 0 Å². The predicted octanol–water partition coefficient (Wildman–Crippen LogP) is 2.13. The van der Waals surface area contributed by atoms with Crippen molar-refractivity contribution < 1.29 is 4.79 Å². The Morgan fingerprint density at radius 1 is 1.28 bits per heavy atom. The summed E-state index contributed by atoms with van der Waals surface area (Å²) in [6, 6.07) is 8.31. The van der Waals surface area contributed by atoms with Gasteiger partial charge in [0, 0.05) is 25.3 Å². The molecular formula is C15H20N2O. The van der Waals surface area contributed by atoms with E-state index in [0.29, 0.717) is 13.0 Å². The van der Waals surface area contributed by atoms with Crippen molar-refractivity contribution in [1.29, 1.82) is 0 Å². The lowest BCUT2D eigenvalue weighted by Gasteiger charge is -2.17. The maximum atomic E-state index is 11.5. The molecule has 0 unspecified atom stereocenters. The second-order valence-electron chi connectivity index (χ2n) is 4.63. The van der Waals surface area contributed by atoms with Gasteiger partial charge < -0.3 is 10.2 Å².